The van der Waals surface area contributed by atoms with Crippen molar-refractivity contribution in [2.45, 2.75) is 11.8 Å². The minimum atomic E-state index is -3.84. The van der Waals surface area contributed by atoms with Crippen molar-refractivity contribution in [1.29, 1.82) is 0 Å². The van der Waals surface area contributed by atoms with Gasteiger partial charge in [-0.1, -0.05) is 23.8 Å². The molecule has 0 radical (unpaired) electrons. The number of hydrogen-bond donors (Lipinski definition) is 1. The molecule has 0 aliphatic rings. The van der Waals surface area contributed by atoms with Crippen LogP contribution < -0.4 is 4.72 Å². The van der Waals surface area contributed by atoms with Gasteiger partial charge in [0.15, 0.2) is 0 Å². The lowest BCUT2D eigenvalue weighted by Gasteiger charge is -2.08. The van der Waals surface area contributed by atoms with Crippen molar-refractivity contribution >= 4 is 21.4 Å². The largest absolute Gasteiger partial charge is 0.412 e. The molecule has 21 heavy (non-hydrogen) atoms. The molecule has 0 heterocycles. The molecule has 0 saturated heterocycles. The number of nitro groups is 1. The third-order valence-corrected chi connectivity index (χ3v) is 4.02. The average molecular weight is 310 g/mol. The van der Waals surface area contributed by atoms with Crippen LogP contribution in [0.2, 0.25) is 0 Å². The van der Waals surface area contributed by atoms with E-state index in [1.807, 2.05) is 6.92 Å². The molecule has 7 nitrogen and oxygen atoms in total. The number of anilines is 1. The summed E-state index contributed by atoms with van der Waals surface area (Å²) in [5, 5.41) is 10.7. The Labute approximate surface area is 121 Å². The van der Waals surface area contributed by atoms with E-state index >= 15 is 0 Å². The zero-order chi connectivity index (χ0) is 14.8. The monoisotopic (exact) mass is 310 g/mol. The van der Waals surface area contributed by atoms with E-state index < -0.39 is 14.9 Å². The topological polar surface area (TPSA) is 121 Å². The number of sulfonamides is 1. The summed E-state index contributed by atoms with van der Waals surface area (Å²) in [4.78, 5) is 9.89. The van der Waals surface area contributed by atoms with Gasteiger partial charge in [0.1, 0.15) is 0 Å². The van der Waals surface area contributed by atoms with Crippen molar-refractivity contribution in [1.82, 2.24) is 0 Å². The molecule has 8 heteroatoms. The first-order valence-corrected chi connectivity index (χ1v) is 7.21. The maximum Gasteiger partial charge on any atom is 0.270 e. The zero-order valence-corrected chi connectivity index (χ0v) is 11.9. The first-order valence-electron chi connectivity index (χ1n) is 5.72. The molecule has 2 aromatic rings. The van der Waals surface area contributed by atoms with Crippen molar-refractivity contribution in [3.05, 3.63) is 64.2 Å². The molecule has 0 fully saturated rings. The first kappa shape index (κ1) is 16.6. The van der Waals surface area contributed by atoms with Crippen LogP contribution in [0.5, 0.6) is 0 Å². The lowest BCUT2D eigenvalue weighted by Crippen LogP contribution is -2.13. The fourth-order valence-electron chi connectivity index (χ4n) is 1.60. The van der Waals surface area contributed by atoms with Crippen LogP contribution in [-0.4, -0.2) is 18.8 Å². The van der Waals surface area contributed by atoms with Crippen molar-refractivity contribution in [3.63, 3.8) is 0 Å². The highest BCUT2D eigenvalue weighted by atomic mass is 32.2. The van der Waals surface area contributed by atoms with Gasteiger partial charge >= 0.3 is 0 Å². The van der Waals surface area contributed by atoms with Gasteiger partial charge in [0.05, 0.1) is 9.82 Å². The average Bonchev–Trinajstić information content (AvgIpc) is 2.41. The number of hydrogen-bond acceptors (Lipinski definition) is 4. The van der Waals surface area contributed by atoms with Crippen molar-refractivity contribution < 1.29 is 18.8 Å². The van der Waals surface area contributed by atoms with E-state index in [0.717, 1.165) is 11.6 Å². The summed E-state index contributed by atoms with van der Waals surface area (Å²) >= 11 is 0. The summed E-state index contributed by atoms with van der Waals surface area (Å²) in [5.41, 5.74) is 1.14. The molecule has 112 valence electrons. The van der Waals surface area contributed by atoms with Gasteiger partial charge in [0, 0.05) is 17.8 Å². The fourth-order valence-corrected chi connectivity index (χ4v) is 2.70. The van der Waals surface area contributed by atoms with E-state index in [1.165, 1.54) is 18.2 Å². The first-order chi connectivity index (χ1) is 9.38. The molecule has 0 aliphatic heterocycles. The lowest BCUT2D eigenvalue weighted by molar-refractivity contribution is -0.385. The standard InChI is InChI=1S/C13H12N2O4S.H2O/c1-10-5-7-11(8-6-10)14-20(18,19)13-4-2-3-12(9-13)15(16)17;/h2-9,14H,1H3;1H2. The number of nitro benzene ring substituents is 1. The van der Waals surface area contributed by atoms with E-state index in [0.29, 0.717) is 5.69 Å². The quantitative estimate of drug-likeness (QED) is 0.684. The molecule has 3 N–H and O–H groups in total. The Bertz CT molecular complexity index is 741. The summed E-state index contributed by atoms with van der Waals surface area (Å²) in [6.45, 7) is 1.89. The number of non-ortho nitro benzene ring substituents is 1. The van der Waals surface area contributed by atoms with Gasteiger partial charge in [-0.15, -0.1) is 0 Å². The molecule has 0 amide bonds. The van der Waals surface area contributed by atoms with E-state index in [2.05, 4.69) is 4.72 Å². The normalized spacial score (nSPS) is 10.5. The second-order valence-electron chi connectivity index (χ2n) is 4.23. The van der Waals surface area contributed by atoms with Gasteiger partial charge < -0.3 is 5.48 Å². The van der Waals surface area contributed by atoms with Crippen molar-refractivity contribution in [2.75, 3.05) is 4.72 Å². The van der Waals surface area contributed by atoms with Crippen LogP contribution >= 0.6 is 0 Å². The predicted molar refractivity (Wildman–Crippen MR) is 78.7 cm³/mol. The Hall–Kier alpha value is -2.45. The summed E-state index contributed by atoms with van der Waals surface area (Å²) < 4.78 is 26.6. The third-order valence-electron chi connectivity index (χ3n) is 2.64. The van der Waals surface area contributed by atoms with Gasteiger partial charge in [-0.05, 0) is 25.1 Å². The Balaban J connectivity index is 0.00000220. The smallest absolute Gasteiger partial charge is 0.270 e. The minimum Gasteiger partial charge on any atom is -0.412 e. The molecule has 0 atom stereocenters. The van der Waals surface area contributed by atoms with Crippen molar-refractivity contribution in [3.8, 4) is 0 Å². The number of nitrogens with one attached hydrogen (secondary N) is 1. The highest BCUT2D eigenvalue weighted by Crippen LogP contribution is 2.20. The lowest BCUT2D eigenvalue weighted by atomic mass is 10.2. The van der Waals surface area contributed by atoms with Crippen LogP contribution in [0.15, 0.2) is 53.4 Å². The van der Waals surface area contributed by atoms with Gasteiger partial charge in [-0.3, -0.25) is 14.8 Å². The zero-order valence-electron chi connectivity index (χ0n) is 11.1. The summed E-state index contributed by atoms with van der Waals surface area (Å²) in [6, 6.07) is 11.7. The molecule has 0 saturated carbocycles. The Kier molecular flexibility index (Phi) is 5.01. The van der Waals surface area contributed by atoms with Gasteiger partial charge in [-0.25, -0.2) is 8.42 Å². The minimum absolute atomic E-state index is 0. The highest BCUT2D eigenvalue weighted by molar-refractivity contribution is 7.92. The predicted octanol–water partition coefficient (Wildman–Crippen LogP) is 1.88. The Morgan fingerprint density at radius 3 is 2.29 bits per heavy atom. The molecule has 2 aromatic carbocycles. The molecule has 0 aliphatic carbocycles. The molecule has 0 spiro atoms. The molecule has 0 bridgehead atoms. The van der Waals surface area contributed by atoms with Gasteiger partial charge in [0.2, 0.25) is 0 Å². The molecular weight excluding hydrogens is 296 g/mol. The van der Waals surface area contributed by atoms with Crippen LogP contribution in [0.1, 0.15) is 5.56 Å². The summed E-state index contributed by atoms with van der Waals surface area (Å²) in [6.07, 6.45) is 0. The van der Waals surface area contributed by atoms with Crippen molar-refractivity contribution in [2.24, 2.45) is 0 Å². The fraction of sp³-hybridized carbons (Fsp3) is 0.0769. The summed E-state index contributed by atoms with van der Waals surface area (Å²) in [5.74, 6) is 0. The SMILES string of the molecule is Cc1ccc(NS(=O)(=O)c2cccc([N+](=O)[O-])c2)cc1.O. The molecule has 0 aromatic heterocycles. The number of benzene rings is 2. The van der Waals surface area contributed by atoms with E-state index in [-0.39, 0.29) is 16.1 Å². The molecule has 2 rings (SSSR count). The molecular formula is C13H14N2O5S. The molecule has 0 unspecified atom stereocenters. The van der Waals surface area contributed by atoms with E-state index in [9.17, 15) is 18.5 Å². The maximum absolute atomic E-state index is 12.1. The highest BCUT2D eigenvalue weighted by Gasteiger charge is 2.17. The van der Waals surface area contributed by atoms with Crippen LogP contribution in [0, 0.1) is 17.0 Å². The number of nitrogens with zero attached hydrogens (tertiary/aromatic N) is 1. The van der Waals surface area contributed by atoms with E-state index in [1.54, 1.807) is 24.3 Å². The van der Waals surface area contributed by atoms with Gasteiger partial charge in [0.25, 0.3) is 15.7 Å². The van der Waals surface area contributed by atoms with E-state index in [4.69, 9.17) is 0 Å². The third kappa shape index (κ3) is 4.01. The maximum atomic E-state index is 12.1. The van der Waals surface area contributed by atoms with Crippen LogP contribution in [0.4, 0.5) is 11.4 Å². The van der Waals surface area contributed by atoms with Crippen LogP contribution in [0.3, 0.4) is 0 Å². The van der Waals surface area contributed by atoms with Crippen LogP contribution in [0.25, 0.3) is 0 Å². The number of rotatable bonds is 4. The second-order valence-corrected chi connectivity index (χ2v) is 5.91. The van der Waals surface area contributed by atoms with Crippen LogP contribution in [-0.2, 0) is 10.0 Å². The summed E-state index contributed by atoms with van der Waals surface area (Å²) in [7, 11) is -3.84. The second kappa shape index (κ2) is 6.33. The Morgan fingerprint density at radius 2 is 1.71 bits per heavy atom. The Morgan fingerprint density at radius 1 is 1.10 bits per heavy atom. The number of aryl methyl sites for hydroxylation is 1. The van der Waals surface area contributed by atoms with Gasteiger partial charge in [-0.2, -0.15) is 0 Å².